The molecule has 28 heavy (non-hydrogen) atoms. The van der Waals surface area contributed by atoms with E-state index in [2.05, 4.69) is 5.16 Å². The molecule has 0 amide bonds. The standard InChI is InChI=1S/C20H13ClF3NO2S/c21-13-2-1-3-14(9-13)28-17-8-12(20(22,23)24)6-7-15(17)19(26)16-10-27-25-18(16)11-4-5-11/h1-3,6-11H,4-5H2. The lowest BCUT2D eigenvalue weighted by Gasteiger charge is -2.13. The van der Waals surface area contributed by atoms with E-state index >= 15 is 0 Å². The van der Waals surface area contributed by atoms with E-state index in [1.807, 2.05) is 0 Å². The molecule has 1 fully saturated rings. The van der Waals surface area contributed by atoms with Crippen molar-refractivity contribution in [3.8, 4) is 0 Å². The van der Waals surface area contributed by atoms with E-state index in [4.69, 9.17) is 16.1 Å². The van der Waals surface area contributed by atoms with Crippen molar-refractivity contribution in [1.29, 1.82) is 0 Å². The third kappa shape index (κ3) is 3.95. The molecule has 0 aliphatic heterocycles. The molecule has 1 heterocycles. The summed E-state index contributed by atoms with van der Waals surface area (Å²) >= 11 is 7.04. The van der Waals surface area contributed by atoms with Crippen molar-refractivity contribution in [3.63, 3.8) is 0 Å². The van der Waals surface area contributed by atoms with Crippen molar-refractivity contribution < 1.29 is 22.5 Å². The molecule has 0 N–H and O–H groups in total. The first-order valence-electron chi connectivity index (χ1n) is 8.46. The Bertz CT molecular complexity index is 1040. The van der Waals surface area contributed by atoms with Crippen molar-refractivity contribution in [2.45, 2.75) is 34.7 Å². The number of halogens is 4. The molecule has 0 unspecified atom stereocenters. The van der Waals surface area contributed by atoms with E-state index in [9.17, 15) is 18.0 Å². The third-order valence-electron chi connectivity index (χ3n) is 4.38. The predicted molar refractivity (Wildman–Crippen MR) is 98.9 cm³/mol. The number of alkyl halides is 3. The second-order valence-corrected chi connectivity index (χ2v) is 8.04. The lowest BCUT2D eigenvalue weighted by Crippen LogP contribution is -2.09. The molecular formula is C20H13ClF3NO2S. The minimum absolute atomic E-state index is 0.170. The van der Waals surface area contributed by atoms with Crippen LogP contribution in [0.3, 0.4) is 0 Å². The molecule has 0 radical (unpaired) electrons. The van der Waals surface area contributed by atoms with Crippen LogP contribution < -0.4 is 0 Å². The summed E-state index contributed by atoms with van der Waals surface area (Å²) in [7, 11) is 0. The molecular weight excluding hydrogens is 411 g/mol. The Morgan fingerprint density at radius 1 is 1.14 bits per heavy atom. The van der Waals surface area contributed by atoms with Gasteiger partial charge in [-0.3, -0.25) is 4.79 Å². The Balaban J connectivity index is 1.77. The van der Waals surface area contributed by atoms with Gasteiger partial charge < -0.3 is 4.52 Å². The molecule has 144 valence electrons. The Morgan fingerprint density at radius 2 is 1.93 bits per heavy atom. The summed E-state index contributed by atoms with van der Waals surface area (Å²) in [5.41, 5.74) is 0.225. The molecule has 2 aromatic carbocycles. The van der Waals surface area contributed by atoms with E-state index in [0.717, 1.165) is 36.7 Å². The zero-order valence-corrected chi connectivity index (χ0v) is 15.9. The van der Waals surface area contributed by atoms with Crippen LogP contribution in [0.15, 0.2) is 63.0 Å². The highest BCUT2D eigenvalue weighted by Crippen LogP contribution is 2.42. The fourth-order valence-corrected chi connectivity index (χ4v) is 4.14. The lowest BCUT2D eigenvalue weighted by molar-refractivity contribution is -0.137. The third-order valence-corrected chi connectivity index (χ3v) is 5.67. The number of hydrogen-bond donors (Lipinski definition) is 0. The van der Waals surface area contributed by atoms with Gasteiger partial charge >= 0.3 is 6.18 Å². The second kappa shape index (κ2) is 7.29. The number of hydrogen-bond acceptors (Lipinski definition) is 4. The minimum atomic E-state index is -4.51. The van der Waals surface area contributed by atoms with Crippen molar-refractivity contribution in [2.24, 2.45) is 0 Å². The first-order valence-corrected chi connectivity index (χ1v) is 9.66. The normalized spacial score (nSPS) is 14.3. The molecule has 1 saturated carbocycles. The van der Waals surface area contributed by atoms with Crippen LogP contribution in [-0.4, -0.2) is 10.9 Å². The van der Waals surface area contributed by atoms with Crippen molar-refractivity contribution in [3.05, 3.63) is 76.1 Å². The summed E-state index contributed by atoms with van der Waals surface area (Å²) < 4.78 is 44.6. The largest absolute Gasteiger partial charge is 0.416 e. The molecule has 0 atom stereocenters. The van der Waals surface area contributed by atoms with Gasteiger partial charge in [-0.05, 0) is 49.2 Å². The van der Waals surface area contributed by atoms with Crippen LogP contribution >= 0.6 is 23.4 Å². The predicted octanol–water partition coefficient (Wildman–Crippen LogP) is 6.61. The van der Waals surface area contributed by atoms with Gasteiger partial charge in [0.1, 0.15) is 6.26 Å². The van der Waals surface area contributed by atoms with Gasteiger partial charge in [0.15, 0.2) is 5.78 Å². The highest BCUT2D eigenvalue weighted by atomic mass is 35.5. The van der Waals surface area contributed by atoms with Crippen LogP contribution in [0.2, 0.25) is 5.02 Å². The number of nitrogens with zero attached hydrogens (tertiary/aromatic N) is 1. The van der Waals surface area contributed by atoms with Gasteiger partial charge in [-0.1, -0.05) is 34.6 Å². The lowest BCUT2D eigenvalue weighted by atomic mass is 10.0. The highest BCUT2D eigenvalue weighted by Gasteiger charge is 2.34. The maximum absolute atomic E-state index is 13.2. The highest BCUT2D eigenvalue weighted by molar-refractivity contribution is 7.99. The SMILES string of the molecule is O=C(c1ccc(C(F)(F)F)cc1Sc1cccc(Cl)c1)c1conc1C1CC1. The zero-order chi connectivity index (χ0) is 19.9. The van der Waals surface area contributed by atoms with Crippen LogP contribution in [0.5, 0.6) is 0 Å². The molecule has 1 aliphatic rings. The van der Waals surface area contributed by atoms with Crippen LogP contribution in [-0.2, 0) is 6.18 Å². The van der Waals surface area contributed by atoms with Gasteiger partial charge in [-0.2, -0.15) is 13.2 Å². The molecule has 0 saturated heterocycles. The number of ketones is 1. The van der Waals surface area contributed by atoms with E-state index < -0.39 is 17.5 Å². The minimum Gasteiger partial charge on any atom is -0.364 e. The van der Waals surface area contributed by atoms with E-state index in [0.29, 0.717) is 21.2 Å². The Labute approximate surface area is 167 Å². The summed E-state index contributed by atoms with van der Waals surface area (Å²) in [6, 6.07) is 9.84. The van der Waals surface area contributed by atoms with E-state index in [1.165, 1.54) is 12.3 Å². The second-order valence-electron chi connectivity index (χ2n) is 6.48. The summed E-state index contributed by atoms with van der Waals surface area (Å²) in [5, 5.41) is 4.37. The van der Waals surface area contributed by atoms with Gasteiger partial charge in [-0.25, -0.2) is 0 Å². The van der Waals surface area contributed by atoms with Crippen molar-refractivity contribution >= 4 is 29.1 Å². The number of benzene rings is 2. The van der Waals surface area contributed by atoms with Crippen LogP contribution in [0, 0.1) is 0 Å². The molecule has 0 bridgehead atoms. The van der Waals surface area contributed by atoms with Crippen molar-refractivity contribution in [2.75, 3.05) is 0 Å². The topological polar surface area (TPSA) is 43.1 Å². The smallest absolute Gasteiger partial charge is 0.364 e. The van der Waals surface area contributed by atoms with Gasteiger partial charge in [0.25, 0.3) is 0 Å². The fraction of sp³-hybridized carbons (Fsp3) is 0.200. The molecule has 0 spiro atoms. The maximum Gasteiger partial charge on any atom is 0.416 e. The van der Waals surface area contributed by atoms with Gasteiger partial charge in [0, 0.05) is 26.3 Å². The molecule has 1 aliphatic carbocycles. The number of aromatic nitrogens is 1. The van der Waals surface area contributed by atoms with E-state index in [1.54, 1.807) is 24.3 Å². The molecule has 8 heteroatoms. The molecule has 3 aromatic rings. The molecule has 1 aromatic heterocycles. The molecule has 3 nitrogen and oxygen atoms in total. The summed E-state index contributed by atoms with van der Waals surface area (Å²) in [5.74, 6) is -0.224. The Kier molecular flexibility index (Phi) is 4.97. The quantitative estimate of drug-likeness (QED) is 0.433. The van der Waals surface area contributed by atoms with E-state index in [-0.39, 0.29) is 16.4 Å². The number of carbonyl (C=O) groups is 1. The van der Waals surface area contributed by atoms with Crippen LogP contribution in [0.4, 0.5) is 13.2 Å². The summed E-state index contributed by atoms with van der Waals surface area (Å²) in [6.45, 7) is 0. The number of rotatable bonds is 5. The summed E-state index contributed by atoms with van der Waals surface area (Å²) in [4.78, 5) is 13.9. The van der Waals surface area contributed by atoms with Crippen LogP contribution in [0.25, 0.3) is 0 Å². The van der Waals surface area contributed by atoms with Gasteiger partial charge in [-0.15, -0.1) is 0 Å². The first kappa shape index (κ1) is 19.1. The van der Waals surface area contributed by atoms with Gasteiger partial charge in [0.05, 0.1) is 16.8 Å². The Morgan fingerprint density at radius 3 is 2.61 bits per heavy atom. The average molecular weight is 424 g/mol. The Hall–Kier alpha value is -2.25. The zero-order valence-electron chi connectivity index (χ0n) is 14.3. The summed E-state index contributed by atoms with van der Waals surface area (Å²) in [6.07, 6.45) is -1.41. The number of carbonyl (C=O) groups excluding carboxylic acids is 1. The maximum atomic E-state index is 13.2. The van der Waals surface area contributed by atoms with Gasteiger partial charge in [0.2, 0.25) is 0 Å². The monoisotopic (exact) mass is 423 g/mol. The van der Waals surface area contributed by atoms with Crippen molar-refractivity contribution in [1.82, 2.24) is 5.16 Å². The molecule has 4 rings (SSSR count). The first-order chi connectivity index (χ1) is 13.3. The van der Waals surface area contributed by atoms with Crippen LogP contribution in [0.1, 0.15) is 45.9 Å². The average Bonchev–Trinajstić information content (AvgIpc) is 3.37. The fourth-order valence-electron chi connectivity index (χ4n) is 2.84.